The quantitative estimate of drug-likeness (QED) is 0.374. The number of carbonyl (C=O) groups excluding carboxylic acids is 1. The van der Waals surface area contributed by atoms with Crippen LogP contribution in [0.15, 0.2) is 41.5 Å². The topological polar surface area (TPSA) is 120 Å². The van der Waals surface area contributed by atoms with E-state index >= 15 is 0 Å². The number of imidazole rings is 1. The molecular formula is C24H33N5O5Si. The molecule has 0 radical (unpaired) electrons. The van der Waals surface area contributed by atoms with Crippen LogP contribution in [0.25, 0.3) is 11.2 Å². The van der Waals surface area contributed by atoms with Gasteiger partial charge in [0.15, 0.2) is 25.6 Å². The van der Waals surface area contributed by atoms with E-state index in [-0.39, 0.29) is 16.1 Å². The molecule has 3 heterocycles. The Hall–Kier alpha value is -3.02. The van der Waals surface area contributed by atoms with Crippen molar-refractivity contribution in [3.63, 3.8) is 0 Å². The third-order valence-electron chi connectivity index (χ3n) is 6.81. The fourth-order valence-corrected chi connectivity index (χ4v) is 5.13. The van der Waals surface area contributed by atoms with Gasteiger partial charge >= 0.3 is 5.97 Å². The van der Waals surface area contributed by atoms with E-state index in [1.807, 2.05) is 30.3 Å². The molecule has 2 N–H and O–H groups in total. The minimum atomic E-state index is -2.19. The molecule has 1 saturated heterocycles. The van der Waals surface area contributed by atoms with Crippen LogP contribution in [0.1, 0.15) is 39.0 Å². The van der Waals surface area contributed by atoms with Crippen LogP contribution in [-0.2, 0) is 25.2 Å². The summed E-state index contributed by atoms with van der Waals surface area (Å²) < 4.78 is 19.4. The summed E-state index contributed by atoms with van der Waals surface area (Å²) in [6.45, 7) is 11.2. The molecule has 3 aromatic rings. The van der Waals surface area contributed by atoms with E-state index in [9.17, 15) is 9.59 Å². The van der Waals surface area contributed by atoms with Crippen molar-refractivity contribution in [1.82, 2.24) is 19.5 Å². The van der Waals surface area contributed by atoms with Gasteiger partial charge in [-0.15, -0.1) is 0 Å². The van der Waals surface area contributed by atoms with Crippen molar-refractivity contribution in [3.8, 4) is 0 Å². The Balaban J connectivity index is 1.62. The average molecular weight is 500 g/mol. The van der Waals surface area contributed by atoms with E-state index in [1.165, 1.54) is 13.4 Å². The molecule has 188 valence electrons. The molecule has 0 unspecified atom stereocenters. The maximum Gasteiger partial charge on any atom is 0.337 e. The van der Waals surface area contributed by atoms with Gasteiger partial charge in [0.25, 0.3) is 5.56 Å². The van der Waals surface area contributed by atoms with Gasteiger partial charge in [-0.2, -0.15) is 4.98 Å². The SMILES string of the molecule is COC(=O)[C@H]1O[C@@H](n2cnc3c(=O)[nH]c(NCc4ccccc4)nc32)C[C@@H]1O[Si](C)(C)C(C)(C)C. The highest BCUT2D eigenvalue weighted by Crippen LogP contribution is 2.41. The molecule has 0 aliphatic carbocycles. The lowest BCUT2D eigenvalue weighted by Crippen LogP contribution is -2.47. The molecule has 10 nitrogen and oxygen atoms in total. The second-order valence-corrected chi connectivity index (χ2v) is 15.0. The first-order valence-electron chi connectivity index (χ1n) is 11.7. The van der Waals surface area contributed by atoms with Crippen molar-refractivity contribution in [2.75, 3.05) is 12.4 Å². The molecule has 1 aromatic carbocycles. The molecule has 0 bridgehead atoms. The summed E-state index contributed by atoms with van der Waals surface area (Å²) in [5.41, 5.74) is 1.25. The number of anilines is 1. The highest BCUT2D eigenvalue weighted by molar-refractivity contribution is 6.74. The van der Waals surface area contributed by atoms with E-state index in [4.69, 9.17) is 13.9 Å². The van der Waals surface area contributed by atoms with Crippen molar-refractivity contribution in [2.24, 2.45) is 0 Å². The molecule has 1 aliphatic heterocycles. The molecule has 35 heavy (non-hydrogen) atoms. The Kier molecular flexibility index (Phi) is 6.85. The van der Waals surface area contributed by atoms with Gasteiger partial charge in [-0.05, 0) is 23.7 Å². The van der Waals surface area contributed by atoms with Crippen molar-refractivity contribution >= 4 is 31.4 Å². The number of hydrogen-bond donors (Lipinski definition) is 2. The van der Waals surface area contributed by atoms with Crippen molar-refractivity contribution in [2.45, 2.75) is 70.3 Å². The number of aromatic amines is 1. The van der Waals surface area contributed by atoms with Crippen LogP contribution in [0.3, 0.4) is 0 Å². The Labute approximate surface area is 205 Å². The third kappa shape index (κ3) is 5.16. The van der Waals surface area contributed by atoms with Crippen LogP contribution < -0.4 is 10.9 Å². The lowest BCUT2D eigenvalue weighted by molar-refractivity contribution is -0.158. The van der Waals surface area contributed by atoms with Crippen LogP contribution in [-0.4, -0.2) is 53.1 Å². The van der Waals surface area contributed by atoms with Crippen LogP contribution in [0.2, 0.25) is 18.1 Å². The zero-order valence-corrected chi connectivity index (χ0v) is 22.0. The first-order chi connectivity index (χ1) is 16.5. The monoisotopic (exact) mass is 499 g/mol. The Bertz CT molecular complexity index is 1250. The summed E-state index contributed by atoms with van der Waals surface area (Å²) in [5.74, 6) is -0.165. The number of fused-ring (bicyclic) bond motifs is 1. The average Bonchev–Trinajstić information content (AvgIpc) is 3.41. The normalized spacial score (nSPS) is 20.8. The predicted molar refractivity (Wildman–Crippen MR) is 135 cm³/mol. The molecule has 4 rings (SSSR count). The van der Waals surface area contributed by atoms with E-state index < -0.39 is 32.7 Å². The fraction of sp³-hybridized carbons (Fsp3) is 0.500. The van der Waals surface area contributed by atoms with Gasteiger partial charge < -0.3 is 19.2 Å². The van der Waals surface area contributed by atoms with Crippen molar-refractivity contribution < 1.29 is 18.7 Å². The highest BCUT2D eigenvalue weighted by atomic mass is 28.4. The second kappa shape index (κ2) is 9.55. The van der Waals surface area contributed by atoms with Gasteiger partial charge in [0, 0.05) is 13.0 Å². The van der Waals surface area contributed by atoms with E-state index in [1.54, 1.807) is 4.57 Å². The number of rotatable bonds is 7. The maximum atomic E-state index is 12.7. The standard InChI is InChI=1S/C24H33N5O5Si/c1-24(2,3)35(5,6)34-16-12-17(33-19(16)22(31)32-4)29-14-26-18-20(29)27-23(28-21(18)30)25-13-15-10-8-7-9-11-15/h7-11,14,16-17,19H,12-13H2,1-6H3,(H2,25,27,28,30)/t16-,17+,19-/m0/s1. The molecule has 0 saturated carbocycles. The maximum absolute atomic E-state index is 12.7. The zero-order chi connectivity index (χ0) is 25.4. The molecular weight excluding hydrogens is 466 g/mol. The number of nitrogens with one attached hydrogen (secondary N) is 2. The number of aromatic nitrogens is 4. The largest absolute Gasteiger partial charge is 0.467 e. The fourth-order valence-electron chi connectivity index (χ4n) is 3.80. The second-order valence-electron chi connectivity index (χ2n) is 10.3. The highest BCUT2D eigenvalue weighted by Gasteiger charge is 2.48. The number of ether oxygens (including phenoxy) is 2. The molecule has 0 amide bonds. The van der Waals surface area contributed by atoms with Crippen LogP contribution in [0.5, 0.6) is 0 Å². The van der Waals surface area contributed by atoms with Crippen LogP contribution >= 0.6 is 0 Å². The van der Waals surface area contributed by atoms with Gasteiger partial charge in [-0.3, -0.25) is 14.3 Å². The Morgan fingerprint density at radius 3 is 2.66 bits per heavy atom. The van der Waals surface area contributed by atoms with Crippen molar-refractivity contribution in [1.29, 1.82) is 0 Å². The molecule has 11 heteroatoms. The lowest BCUT2D eigenvalue weighted by atomic mass is 10.2. The number of H-pyrrole nitrogens is 1. The summed E-state index contributed by atoms with van der Waals surface area (Å²) in [6.07, 6.45) is -0.0338. The summed E-state index contributed by atoms with van der Waals surface area (Å²) in [5, 5.41) is 3.11. The Morgan fingerprint density at radius 2 is 2.00 bits per heavy atom. The number of esters is 1. The first kappa shape index (κ1) is 25.1. The molecule has 1 aliphatic rings. The minimum Gasteiger partial charge on any atom is -0.467 e. The molecule has 0 spiro atoms. The van der Waals surface area contributed by atoms with Gasteiger partial charge in [-0.1, -0.05) is 51.1 Å². The summed E-state index contributed by atoms with van der Waals surface area (Å²) in [6, 6.07) is 9.80. The summed E-state index contributed by atoms with van der Waals surface area (Å²) >= 11 is 0. The number of benzene rings is 1. The minimum absolute atomic E-state index is 0.0400. The number of nitrogens with zero attached hydrogens (tertiary/aromatic N) is 3. The zero-order valence-electron chi connectivity index (χ0n) is 21.0. The van der Waals surface area contributed by atoms with Crippen molar-refractivity contribution in [3.05, 3.63) is 52.6 Å². The van der Waals surface area contributed by atoms with E-state index in [0.29, 0.717) is 24.6 Å². The summed E-state index contributed by atoms with van der Waals surface area (Å²) in [4.78, 5) is 36.8. The van der Waals surface area contributed by atoms with Gasteiger partial charge in [0.2, 0.25) is 5.95 Å². The van der Waals surface area contributed by atoms with Gasteiger partial charge in [-0.25, -0.2) is 9.78 Å². The smallest absolute Gasteiger partial charge is 0.337 e. The summed E-state index contributed by atoms with van der Waals surface area (Å²) in [7, 11) is -0.858. The number of methoxy groups -OCH3 is 1. The predicted octanol–water partition coefficient (Wildman–Crippen LogP) is 3.58. The lowest BCUT2D eigenvalue weighted by Gasteiger charge is -2.38. The van der Waals surface area contributed by atoms with Crippen LogP contribution in [0.4, 0.5) is 5.95 Å². The number of carbonyl (C=O) groups is 1. The van der Waals surface area contributed by atoms with Crippen LogP contribution in [0, 0.1) is 0 Å². The number of hydrogen-bond acceptors (Lipinski definition) is 8. The first-order valence-corrected chi connectivity index (χ1v) is 14.6. The Morgan fingerprint density at radius 1 is 1.29 bits per heavy atom. The molecule has 3 atom stereocenters. The van der Waals surface area contributed by atoms with Gasteiger partial charge in [0.1, 0.15) is 6.23 Å². The van der Waals surface area contributed by atoms with Gasteiger partial charge in [0.05, 0.1) is 19.5 Å². The third-order valence-corrected chi connectivity index (χ3v) is 11.3. The molecule has 2 aromatic heterocycles. The van der Waals surface area contributed by atoms with E-state index in [0.717, 1.165) is 5.56 Å². The molecule has 1 fully saturated rings. The van der Waals surface area contributed by atoms with E-state index in [2.05, 4.69) is 54.1 Å².